The van der Waals surface area contributed by atoms with Crippen LogP contribution in [0.15, 0.2) is 41.5 Å². The van der Waals surface area contributed by atoms with E-state index in [9.17, 15) is 20.0 Å². The molecule has 0 aliphatic rings. The zero-order valence-corrected chi connectivity index (χ0v) is 16.8. The van der Waals surface area contributed by atoms with Crippen molar-refractivity contribution in [3.63, 3.8) is 0 Å². The number of rotatable bonds is 5. The fraction of sp³-hybridized carbons (Fsp3) is 0.0588. The van der Waals surface area contributed by atoms with E-state index in [0.717, 1.165) is 4.70 Å². The van der Waals surface area contributed by atoms with Crippen LogP contribution in [0.2, 0.25) is 0 Å². The van der Waals surface area contributed by atoms with E-state index in [1.54, 1.807) is 24.3 Å². The highest BCUT2D eigenvalue weighted by Crippen LogP contribution is 2.32. The first-order valence-electron chi connectivity index (χ1n) is 7.47. The van der Waals surface area contributed by atoms with Crippen LogP contribution in [0.5, 0.6) is 11.5 Å². The summed E-state index contributed by atoms with van der Waals surface area (Å²) in [6.07, 6.45) is 1.43. The van der Waals surface area contributed by atoms with Gasteiger partial charge in [0.15, 0.2) is 11.5 Å². The average molecular weight is 497 g/mol. The van der Waals surface area contributed by atoms with Gasteiger partial charge in [-0.15, -0.1) is 11.3 Å². The van der Waals surface area contributed by atoms with E-state index in [-0.39, 0.29) is 11.4 Å². The van der Waals surface area contributed by atoms with E-state index in [1.807, 2.05) is 22.6 Å². The predicted octanol–water partition coefficient (Wildman–Crippen LogP) is 3.89. The normalized spacial score (nSPS) is 11.0. The number of halogens is 1. The number of amides is 1. The van der Waals surface area contributed by atoms with Crippen LogP contribution in [0.1, 0.15) is 15.2 Å². The Kier molecular flexibility index (Phi) is 5.56. The lowest BCUT2D eigenvalue weighted by Crippen LogP contribution is -2.16. The van der Waals surface area contributed by atoms with Gasteiger partial charge in [0.1, 0.15) is 0 Å². The number of aromatic hydroxyl groups is 1. The number of nitrogens with zero attached hydrogens (tertiary/aromatic N) is 2. The van der Waals surface area contributed by atoms with Gasteiger partial charge in [0.05, 0.1) is 26.7 Å². The molecule has 3 rings (SSSR count). The standard InChI is InChI=1S/C17H12IN3O5S/c1-26-13-5-9(4-12(18)16(13)22)8-19-20-17(23)15-7-10-6-11(21(24)25)2-3-14(10)27-15/h2-8,22H,1H3,(H,20,23)/b19-8+. The molecular formula is C17H12IN3O5S. The van der Waals surface area contributed by atoms with Crippen molar-refractivity contribution in [2.75, 3.05) is 7.11 Å². The highest BCUT2D eigenvalue weighted by Gasteiger charge is 2.13. The molecule has 1 heterocycles. The minimum absolute atomic E-state index is 0.0267. The number of carbonyl (C=O) groups is 1. The second kappa shape index (κ2) is 7.88. The van der Waals surface area contributed by atoms with E-state index in [0.29, 0.717) is 25.1 Å². The lowest BCUT2D eigenvalue weighted by atomic mass is 10.2. The number of non-ortho nitro benzene ring substituents is 1. The van der Waals surface area contributed by atoms with Crippen LogP contribution in [0.3, 0.4) is 0 Å². The third kappa shape index (κ3) is 4.17. The second-order valence-electron chi connectivity index (χ2n) is 5.34. The van der Waals surface area contributed by atoms with E-state index in [2.05, 4.69) is 10.5 Å². The minimum atomic E-state index is -0.478. The first kappa shape index (κ1) is 19.0. The van der Waals surface area contributed by atoms with Crippen molar-refractivity contribution in [2.24, 2.45) is 5.10 Å². The number of nitro benzene ring substituents is 1. The summed E-state index contributed by atoms with van der Waals surface area (Å²) < 4.78 is 6.43. The molecule has 0 bridgehead atoms. The molecule has 1 amide bonds. The Hall–Kier alpha value is -2.73. The topological polar surface area (TPSA) is 114 Å². The van der Waals surface area contributed by atoms with Crippen molar-refractivity contribution < 1.29 is 19.6 Å². The number of nitro groups is 1. The fourth-order valence-corrected chi connectivity index (χ4v) is 3.86. The summed E-state index contributed by atoms with van der Waals surface area (Å²) in [7, 11) is 1.44. The number of hydrogen-bond acceptors (Lipinski definition) is 7. The Morgan fingerprint density at radius 1 is 1.37 bits per heavy atom. The number of nitrogens with one attached hydrogen (secondary N) is 1. The van der Waals surface area contributed by atoms with Crippen LogP contribution >= 0.6 is 33.9 Å². The first-order chi connectivity index (χ1) is 12.9. The Balaban J connectivity index is 1.76. The largest absolute Gasteiger partial charge is 0.504 e. The predicted molar refractivity (Wildman–Crippen MR) is 111 cm³/mol. The van der Waals surface area contributed by atoms with Gasteiger partial charge in [-0.3, -0.25) is 14.9 Å². The van der Waals surface area contributed by atoms with Crippen LogP contribution < -0.4 is 10.2 Å². The second-order valence-corrected chi connectivity index (χ2v) is 7.59. The highest BCUT2D eigenvalue weighted by molar-refractivity contribution is 14.1. The SMILES string of the molecule is COc1cc(/C=N/NC(=O)c2cc3cc([N+](=O)[O-])ccc3s2)cc(I)c1O. The molecule has 8 nitrogen and oxygen atoms in total. The van der Waals surface area contributed by atoms with Crippen molar-refractivity contribution in [3.05, 3.63) is 60.5 Å². The molecule has 0 fully saturated rings. The molecule has 0 spiro atoms. The smallest absolute Gasteiger partial charge is 0.281 e. The Bertz CT molecular complexity index is 1080. The number of thiophene rings is 1. The number of phenols is 1. The molecule has 0 aliphatic heterocycles. The van der Waals surface area contributed by atoms with Crippen molar-refractivity contribution in [2.45, 2.75) is 0 Å². The van der Waals surface area contributed by atoms with Gasteiger partial charge in [0.25, 0.3) is 11.6 Å². The molecule has 0 saturated carbocycles. The number of ether oxygens (including phenoxy) is 1. The lowest BCUT2D eigenvalue weighted by Gasteiger charge is -2.06. The number of phenolic OH excluding ortho intramolecular Hbond substituents is 1. The Labute approximate surface area is 170 Å². The molecule has 0 radical (unpaired) electrons. The zero-order valence-electron chi connectivity index (χ0n) is 13.8. The van der Waals surface area contributed by atoms with Gasteiger partial charge >= 0.3 is 0 Å². The molecule has 0 atom stereocenters. The molecular weight excluding hydrogens is 485 g/mol. The van der Waals surface area contributed by atoms with Gasteiger partial charge in [0, 0.05) is 22.2 Å². The highest BCUT2D eigenvalue weighted by atomic mass is 127. The van der Waals surface area contributed by atoms with Crippen LogP contribution in [0.25, 0.3) is 10.1 Å². The number of benzene rings is 2. The van der Waals surface area contributed by atoms with Gasteiger partial charge in [0.2, 0.25) is 0 Å². The van der Waals surface area contributed by atoms with E-state index < -0.39 is 10.8 Å². The van der Waals surface area contributed by atoms with Gasteiger partial charge < -0.3 is 9.84 Å². The molecule has 3 aromatic rings. The molecule has 0 unspecified atom stereocenters. The maximum atomic E-state index is 12.3. The van der Waals surface area contributed by atoms with Crippen molar-refractivity contribution in [3.8, 4) is 11.5 Å². The van der Waals surface area contributed by atoms with Crippen LogP contribution in [0.4, 0.5) is 5.69 Å². The fourth-order valence-electron chi connectivity index (χ4n) is 2.30. The van der Waals surface area contributed by atoms with Gasteiger partial charge in [-0.25, -0.2) is 5.43 Å². The molecule has 1 aromatic heterocycles. The van der Waals surface area contributed by atoms with E-state index in [1.165, 1.54) is 36.8 Å². The number of hydrazone groups is 1. The van der Waals surface area contributed by atoms with Gasteiger partial charge in [-0.05, 0) is 52.4 Å². The van der Waals surface area contributed by atoms with Crippen molar-refractivity contribution in [1.82, 2.24) is 5.43 Å². The summed E-state index contributed by atoms with van der Waals surface area (Å²) in [6, 6.07) is 9.31. The van der Waals surface area contributed by atoms with Crippen molar-refractivity contribution >= 4 is 61.8 Å². The van der Waals surface area contributed by atoms with Crippen molar-refractivity contribution in [1.29, 1.82) is 0 Å². The molecule has 10 heteroatoms. The minimum Gasteiger partial charge on any atom is -0.504 e. The summed E-state index contributed by atoms with van der Waals surface area (Å²) in [6.45, 7) is 0. The summed E-state index contributed by atoms with van der Waals surface area (Å²) in [5, 5.41) is 25.2. The van der Waals surface area contributed by atoms with Crippen LogP contribution in [0, 0.1) is 13.7 Å². The third-order valence-corrected chi connectivity index (χ3v) is 5.52. The Morgan fingerprint density at radius 2 is 2.15 bits per heavy atom. The van der Waals surface area contributed by atoms with Gasteiger partial charge in [-0.1, -0.05) is 0 Å². The third-order valence-electron chi connectivity index (χ3n) is 3.58. The Morgan fingerprint density at radius 3 is 2.85 bits per heavy atom. The molecule has 0 saturated heterocycles. The number of methoxy groups -OCH3 is 1. The average Bonchev–Trinajstić information content (AvgIpc) is 3.07. The summed E-state index contributed by atoms with van der Waals surface area (Å²) >= 11 is 3.18. The van der Waals surface area contributed by atoms with E-state index >= 15 is 0 Å². The lowest BCUT2D eigenvalue weighted by molar-refractivity contribution is -0.384. The monoisotopic (exact) mass is 497 g/mol. The number of carbonyl (C=O) groups excluding carboxylic acids is 1. The molecule has 2 aromatic carbocycles. The molecule has 27 heavy (non-hydrogen) atoms. The molecule has 2 N–H and O–H groups in total. The number of fused-ring (bicyclic) bond motifs is 1. The molecule has 0 aliphatic carbocycles. The maximum Gasteiger partial charge on any atom is 0.281 e. The first-order valence-corrected chi connectivity index (χ1v) is 9.36. The van der Waals surface area contributed by atoms with E-state index in [4.69, 9.17) is 4.74 Å². The van der Waals surface area contributed by atoms with Crippen LogP contribution in [-0.4, -0.2) is 29.3 Å². The summed E-state index contributed by atoms with van der Waals surface area (Å²) in [5.41, 5.74) is 3.03. The maximum absolute atomic E-state index is 12.3. The zero-order chi connectivity index (χ0) is 19.6. The quantitative estimate of drug-likeness (QED) is 0.240. The number of hydrogen-bond donors (Lipinski definition) is 2. The summed E-state index contributed by atoms with van der Waals surface area (Å²) in [4.78, 5) is 23.0. The molecule has 138 valence electrons. The van der Waals surface area contributed by atoms with Crippen LogP contribution in [-0.2, 0) is 0 Å². The van der Waals surface area contributed by atoms with Gasteiger partial charge in [-0.2, -0.15) is 5.10 Å². The summed E-state index contributed by atoms with van der Waals surface area (Å²) in [5.74, 6) is -0.0741.